The summed E-state index contributed by atoms with van der Waals surface area (Å²) in [5.41, 5.74) is 1.42. The molecule has 1 saturated heterocycles. The Morgan fingerprint density at radius 3 is 2.76 bits per heavy atom. The topological polar surface area (TPSA) is 47.9 Å². The Morgan fingerprint density at radius 1 is 1.41 bits per heavy atom. The zero-order chi connectivity index (χ0) is 12.3. The van der Waals surface area contributed by atoms with Crippen LogP contribution in [-0.4, -0.2) is 18.6 Å². The van der Waals surface area contributed by atoms with Crippen molar-refractivity contribution in [2.45, 2.75) is 25.3 Å². The predicted molar refractivity (Wildman–Crippen MR) is 70.3 cm³/mol. The highest BCUT2D eigenvalue weighted by atomic mass is 35.5. The molecule has 0 unspecified atom stereocenters. The van der Waals surface area contributed by atoms with Gasteiger partial charge in [-0.1, -0.05) is 17.7 Å². The van der Waals surface area contributed by atoms with E-state index in [-0.39, 0.29) is 5.54 Å². The first kappa shape index (κ1) is 12.2. The molecule has 1 aromatic rings. The molecule has 3 nitrogen and oxygen atoms in total. The average Bonchev–Trinajstić information content (AvgIpc) is 2.30. The highest BCUT2D eigenvalue weighted by Crippen LogP contribution is 2.29. The second-order valence-corrected chi connectivity index (χ2v) is 5.12. The summed E-state index contributed by atoms with van der Waals surface area (Å²) in [6.45, 7) is 4.20. The summed E-state index contributed by atoms with van der Waals surface area (Å²) in [4.78, 5) is 0. The third-order valence-corrected chi connectivity index (χ3v) is 3.58. The Kier molecular flexibility index (Phi) is 3.56. The van der Waals surface area contributed by atoms with Crippen molar-refractivity contribution >= 4 is 17.3 Å². The number of benzene rings is 1. The van der Waals surface area contributed by atoms with Crippen LogP contribution in [0.25, 0.3) is 0 Å². The lowest BCUT2D eigenvalue weighted by atomic mass is 9.90. The van der Waals surface area contributed by atoms with E-state index in [4.69, 9.17) is 16.9 Å². The van der Waals surface area contributed by atoms with Gasteiger partial charge in [0.2, 0.25) is 0 Å². The van der Waals surface area contributed by atoms with E-state index in [1.807, 2.05) is 12.1 Å². The van der Waals surface area contributed by atoms with Crippen LogP contribution >= 0.6 is 11.6 Å². The highest BCUT2D eigenvalue weighted by Gasteiger charge is 2.27. The monoisotopic (exact) mass is 249 g/mol. The lowest BCUT2D eigenvalue weighted by Crippen LogP contribution is -2.45. The van der Waals surface area contributed by atoms with E-state index in [9.17, 15) is 0 Å². The minimum atomic E-state index is 0.0432. The van der Waals surface area contributed by atoms with Crippen molar-refractivity contribution in [3.63, 3.8) is 0 Å². The van der Waals surface area contributed by atoms with Gasteiger partial charge in [0.1, 0.15) is 6.07 Å². The van der Waals surface area contributed by atoms with Crippen LogP contribution in [0.1, 0.15) is 25.3 Å². The van der Waals surface area contributed by atoms with Crippen molar-refractivity contribution in [3.05, 3.63) is 28.8 Å². The number of piperidine rings is 1. The molecule has 2 N–H and O–H groups in total. The van der Waals surface area contributed by atoms with E-state index >= 15 is 0 Å². The van der Waals surface area contributed by atoms with Crippen LogP contribution in [-0.2, 0) is 0 Å². The summed E-state index contributed by atoms with van der Waals surface area (Å²) >= 11 is 6.02. The third-order valence-electron chi connectivity index (χ3n) is 3.27. The van der Waals surface area contributed by atoms with E-state index in [2.05, 4.69) is 23.6 Å². The molecule has 17 heavy (non-hydrogen) atoms. The number of nitriles is 1. The molecule has 4 heteroatoms. The van der Waals surface area contributed by atoms with Gasteiger partial charge in [0.15, 0.2) is 0 Å². The van der Waals surface area contributed by atoms with Crippen LogP contribution in [0, 0.1) is 11.3 Å². The standard InChI is InChI=1S/C13H16ClN3/c1-13(5-7-16-8-6-13)17-12-4-2-3-11(14)10(12)9-15/h2-4,16-17H,5-8H2,1H3. The lowest BCUT2D eigenvalue weighted by molar-refractivity contribution is 0.365. The fraction of sp³-hybridized carbons (Fsp3) is 0.462. The van der Waals surface area contributed by atoms with Crippen LogP contribution < -0.4 is 10.6 Å². The Labute approximate surface area is 107 Å². The summed E-state index contributed by atoms with van der Waals surface area (Å²) in [6.07, 6.45) is 2.09. The van der Waals surface area contributed by atoms with Crippen molar-refractivity contribution in [1.29, 1.82) is 5.26 Å². The Morgan fingerprint density at radius 2 is 2.12 bits per heavy atom. The number of anilines is 1. The van der Waals surface area contributed by atoms with Gasteiger partial charge < -0.3 is 10.6 Å². The quantitative estimate of drug-likeness (QED) is 0.847. The van der Waals surface area contributed by atoms with Gasteiger partial charge >= 0.3 is 0 Å². The van der Waals surface area contributed by atoms with Crippen LogP contribution in [0.15, 0.2) is 18.2 Å². The summed E-state index contributed by atoms with van der Waals surface area (Å²) in [7, 11) is 0. The van der Waals surface area contributed by atoms with Gasteiger partial charge in [-0.15, -0.1) is 0 Å². The zero-order valence-electron chi connectivity index (χ0n) is 9.89. The van der Waals surface area contributed by atoms with E-state index < -0.39 is 0 Å². The second-order valence-electron chi connectivity index (χ2n) is 4.71. The molecular formula is C13H16ClN3. The van der Waals surface area contributed by atoms with Crippen LogP contribution in [0.5, 0.6) is 0 Å². The predicted octanol–water partition coefficient (Wildman–Crippen LogP) is 2.77. The van der Waals surface area contributed by atoms with Gasteiger partial charge in [0.05, 0.1) is 16.3 Å². The fourth-order valence-corrected chi connectivity index (χ4v) is 2.39. The number of rotatable bonds is 2. The molecule has 1 aliphatic rings. The molecule has 2 rings (SSSR count). The van der Waals surface area contributed by atoms with Gasteiger partial charge in [0.25, 0.3) is 0 Å². The van der Waals surface area contributed by atoms with Gasteiger partial charge in [0, 0.05) is 5.54 Å². The van der Waals surface area contributed by atoms with Crippen molar-refractivity contribution in [2.75, 3.05) is 18.4 Å². The average molecular weight is 250 g/mol. The number of nitrogens with one attached hydrogen (secondary N) is 2. The second kappa shape index (κ2) is 4.95. The molecule has 0 bridgehead atoms. The SMILES string of the molecule is CC1(Nc2cccc(Cl)c2C#N)CCNCC1. The number of hydrogen-bond donors (Lipinski definition) is 2. The Balaban J connectivity index is 2.24. The van der Waals surface area contributed by atoms with E-state index in [0.29, 0.717) is 10.6 Å². The van der Waals surface area contributed by atoms with Crippen molar-refractivity contribution < 1.29 is 0 Å². The molecule has 0 aliphatic carbocycles. The van der Waals surface area contributed by atoms with Crippen LogP contribution in [0.2, 0.25) is 5.02 Å². The third kappa shape index (κ3) is 2.71. The molecule has 0 spiro atoms. The van der Waals surface area contributed by atoms with Crippen LogP contribution in [0.4, 0.5) is 5.69 Å². The molecule has 1 heterocycles. The molecule has 90 valence electrons. The maximum Gasteiger partial charge on any atom is 0.103 e. The first-order valence-electron chi connectivity index (χ1n) is 5.82. The summed E-state index contributed by atoms with van der Waals surface area (Å²) < 4.78 is 0. The molecule has 0 saturated carbocycles. The number of hydrogen-bond acceptors (Lipinski definition) is 3. The van der Waals surface area contributed by atoms with Gasteiger partial charge in [-0.2, -0.15) is 5.26 Å². The summed E-state index contributed by atoms with van der Waals surface area (Å²) in [5, 5.41) is 16.4. The fourth-order valence-electron chi connectivity index (χ4n) is 2.17. The maximum absolute atomic E-state index is 9.13. The zero-order valence-corrected chi connectivity index (χ0v) is 10.6. The minimum Gasteiger partial charge on any atom is -0.379 e. The first-order chi connectivity index (χ1) is 8.14. The summed E-state index contributed by atoms with van der Waals surface area (Å²) in [5.74, 6) is 0. The number of nitrogens with zero attached hydrogens (tertiary/aromatic N) is 1. The largest absolute Gasteiger partial charge is 0.379 e. The van der Waals surface area contributed by atoms with Gasteiger partial charge in [-0.25, -0.2) is 0 Å². The van der Waals surface area contributed by atoms with Gasteiger partial charge in [-0.05, 0) is 45.0 Å². The molecule has 1 aliphatic heterocycles. The van der Waals surface area contributed by atoms with Crippen molar-refractivity contribution in [1.82, 2.24) is 5.32 Å². The summed E-state index contributed by atoms with van der Waals surface area (Å²) in [6, 6.07) is 7.69. The lowest BCUT2D eigenvalue weighted by Gasteiger charge is -2.36. The van der Waals surface area contributed by atoms with E-state index in [0.717, 1.165) is 31.6 Å². The molecule has 0 atom stereocenters. The normalized spacial score (nSPS) is 18.4. The molecule has 1 fully saturated rings. The minimum absolute atomic E-state index is 0.0432. The van der Waals surface area contributed by atoms with Crippen molar-refractivity contribution in [3.8, 4) is 6.07 Å². The number of halogens is 1. The van der Waals surface area contributed by atoms with E-state index in [1.165, 1.54) is 0 Å². The molecule has 0 radical (unpaired) electrons. The Hall–Kier alpha value is -1.24. The molecule has 1 aromatic carbocycles. The Bertz CT molecular complexity index is 444. The maximum atomic E-state index is 9.13. The smallest absolute Gasteiger partial charge is 0.103 e. The molecular weight excluding hydrogens is 234 g/mol. The van der Waals surface area contributed by atoms with Crippen LogP contribution in [0.3, 0.4) is 0 Å². The first-order valence-corrected chi connectivity index (χ1v) is 6.20. The van der Waals surface area contributed by atoms with E-state index in [1.54, 1.807) is 6.07 Å². The van der Waals surface area contributed by atoms with Gasteiger partial charge in [-0.3, -0.25) is 0 Å². The molecule has 0 amide bonds. The highest BCUT2D eigenvalue weighted by molar-refractivity contribution is 6.32. The van der Waals surface area contributed by atoms with Crippen molar-refractivity contribution in [2.24, 2.45) is 0 Å². The molecule has 0 aromatic heterocycles.